The van der Waals surface area contributed by atoms with E-state index in [0.29, 0.717) is 31.2 Å². The highest BCUT2D eigenvalue weighted by Crippen LogP contribution is 2.40. The van der Waals surface area contributed by atoms with E-state index in [2.05, 4.69) is 41.0 Å². The summed E-state index contributed by atoms with van der Waals surface area (Å²) in [4.78, 5) is 14.6. The normalized spacial score (nSPS) is 18.5. The summed E-state index contributed by atoms with van der Waals surface area (Å²) in [5, 5.41) is 22.4. The molecule has 2 aliphatic rings. The van der Waals surface area contributed by atoms with Crippen molar-refractivity contribution in [3.8, 4) is 17.5 Å². The number of nitrogens with one attached hydrogen (secondary N) is 1. The van der Waals surface area contributed by atoms with Crippen molar-refractivity contribution in [3.63, 3.8) is 0 Å². The number of fused-ring (bicyclic) bond motifs is 2. The van der Waals surface area contributed by atoms with Crippen LogP contribution in [0.15, 0.2) is 12.1 Å². The van der Waals surface area contributed by atoms with Crippen LogP contribution in [-0.2, 0) is 24.8 Å². The first-order valence-corrected chi connectivity index (χ1v) is 14.2. The molecule has 5 heterocycles. The molecule has 42 heavy (non-hydrogen) atoms. The lowest BCUT2D eigenvalue weighted by Gasteiger charge is -2.45. The number of aromatic nitrogens is 6. The Balaban J connectivity index is 1.51. The van der Waals surface area contributed by atoms with Gasteiger partial charge in [0.05, 0.1) is 17.3 Å². The van der Waals surface area contributed by atoms with Crippen LogP contribution in [0.25, 0.3) is 22.3 Å². The van der Waals surface area contributed by atoms with Crippen molar-refractivity contribution in [2.75, 3.05) is 36.5 Å². The molecule has 1 aromatic carbocycles. The lowest BCUT2D eigenvalue weighted by molar-refractivity contribution is -0.00647. The minimum absolute atomic E-state index is 0.0881. The number of H-pyrrole nitrogens is 1. The largest absolute Gasteiger partial charge is 0.381 e. The molecule has 2 aliphatic heterocycles. The molecule has 1 saturated heterocycles. The number of ether oxygens (including phenoxy) is 1. The van der Waals surface area contributed by atoms with Gasteiger partial charge in [0, 0.05) is 74.4 Å². The van der Waals surface area contributed by atoms with Gasteiger partial charge in [0.2, 0.25) is 0 Å². The minimum Gasteiger partial charge on any atom is -0.381 e. The quantitative estimate of drug-likeness (QED) is 0.354. The van der Waals surface area contributed by atoms with Crippen molar-refractivity contribution in [2.24, 2.45) is 12.5 Å². The van der Waals surface area contributed by atoms with E-state index >= 15 is 0 Å². The van der Waals surface area contributed by atoms with Crippen molar-refractivity contribution in [3.05, 3.63) is 45.9 Å². The van der Waals surface area contributed by atoms with E-state index in [4.69, 9.17) is 14.7 Å². The molecule has 1 fully saturated rings. The molecule has 0 radical (unpaired) electrons. The van der Waals surface area contributed by atoms with Crippen LogP contribution in [0.3, 0.4) is 0 Å². The van der Waals surface area contributed by atoms with Gasteiger partial charge in [-0.1, -0.05) is 19.9 Å². The molecule has 1 N–H and O–H groups in total. The highest BCUT2D eigenvalue weighted by atomic mass is 19.3. The predicted molar refractivity (Wildman–Crippen MR) is 156 cm³/mol. The summed E-state index contributed by atoms with van der Waals surface area (Å²) in [7, 11) is 3.36. The van der Waals surface area contributed by atoms with E-state index in [-0.39, 0.29) is 17.1 Å². The molecule has 3 aromatic heterocycles. The molecule has 0 aliphatic carbocycles. The van der Waals surface area contributed by atoms with E-state index in [9.17, 15) is 14.0 Å². The molecular formula is C30H35F2N9O. The third kappa shape index (κ3) is 4.47. The standard InChI is InChI=1S/C30H35F2N9O/c1-16-7-8-21-24(17(2)36-37-21)23(16)27-34-20-9-11-40(29-18(13-33)25(26(31)32)38-39(29)5)14-19(20)28(35-27)41-12-10-22(42-6)30(3,4)15-41/h7-8,22,26H,9-12,14-15H2,1-6H3,(H,36,37). The monoisotopic (exact) mass is 575 g/mol. The Morgan fingerprint density at radius 2 is 1.95 bits per heavy atom. The smallest absolute Gasteiger partial charge is 0.283 e. The summed E-state index contributed by atoms with van der Waals surface area (Å²) in [6.45, 7) is 10.8. The Morgan fingerprint density at radius 1 is 1.17 bits per heavy atom. The molecule has 0 saturated carbocycles. The zero-order chi connectivity index (χ0) is 29.9. The first kappa shape index (κ1) is 28.0. The van der Waals surface area contributed by atoms with Gasteiger partial charge in [-0.25, -0.2) is 18.7 Å². The maximum Gasteiger partial charge on any atom is 0.283 e. The summed E-state index contributed by atoms with van der Waals surface area (Å²) in [5.41, 5.74) is 4.98. The first-order valence-electron chi connectivity index (χ1n) is 14.2. The third-order valence-corrected chi connectivity index (χ3v) is 8.75. The number of aryl methyl sites for hydroxylation is 3. The van der Waals surface area contributed by atoms with E-state index in [1.165, 1.54) is 4.68 Å². The topological polar surface area (TPSA) is 112 Å². The summed E-state index contributed by atoms with van der Waals surface area (Å²) >= 11 is 0. The Labute approximate surface area is 243 Å². The van der Waals surface area contributed by atoms with Gasteiger partial charge in [0.15, 0.2) is 5.82 Å². The van der Waals surface area contributed by atoms with Gasteiger partial charge in [0.25, 0.3) is 6.43 Å². The number of aromatic amines is 1. The Morgan fingerprint density at radius 3 is 2.64 bits per heavy atom. The number of rotatable bonds is 5. The number of hydrogen-bond donors (Lipinski definition) is 1. The molecule has 12 heteroatoms. The second-order valence-corrected chi connectivity index (χ2v) is 12.0. The average molecular weight is 576 g/mol. The SMILES string of the molecule is COC1CCN(c2nc(-c3c(C)ccc4n[nH]c(C)c34)nc3c2CN(c2c(C#N)c(C(F)F)nn2C)CC3)CC1(C)C. The molecule has 1 unspecified atom stereocenters. The highest BCUT2D eigenvalue weighted by molar-refractivity contribution is 5.96. The number of hydrogen-bond acceptors (Lipinski definition) is 8. The molecule has 4 aromatic rings. The number of nitrogens with zero attached hydrogens (tertiary/aromatic N) is 8. The van der Waals surface area contributed by atoms with Crippen LogP contribution in [0.1, 0.15) is 60.5 Å². The predicted octanol–water partition coefficient (Wildman–Crippen LogP) is 4.99. The molecule has 220 valence electrons. The Kier molecular flexibility index (Phi) is 6.88. The number of methoxy groups -OCH3 is 1. The lowest BCUT2D eigenvalue weighted by atomic mass is 9.81. The van der Waals surface area contributed by atoms with Crippen molar-refractivity contribution in [2.45, 2.75) is 59.6 Å². The van der Waals surface area contributed by atoms with Crippen LogP contribution < -0.4 is 9.80 Å². The maximum absolute atomic E-state index is 13.7. The number of nitriles is 1. The van der Waals surface area contributed by atoms with Gasteiger partial charge in [-0.2, -0.15) is 15.5 Å². The lowest BCUT2D eigenvalue weighted by Crippen LogP contribution is -2.50. The van der Waals surface area contributed by atoms with E-state index in [1.807, 2.05) is 30.0 Å². The summed E-state index contributed by atoms with van der Waals surface area (Å²) in [6, 6.07) is 6.02. The average Bonchev–Trinajstić information content (AvgIpc) is 3.50. The Hall–Kier alpha value is -4.11. The molecule has 10 nitrogen and oxygen atoms in total. The second kappa shape index (κ2) is 10.3. The summed E-state index contributed by atoms with van der Waals surface area (Å²) < 4.78 is 34.6. The van der Waals surface area contributed by atoms with Gasteiger partial charge >= 0.3 is 0 Å². The van der Waals surface area contributed by atoms with Crippen molar-refractivity contribution in [1.29, 1.82) is 5.26 Å². The summed E-state index contributed by atoms with van der Waals surface area (Å²) in [6.07, 6.45) is -1.31. The van der Waals surface area contributed by atoms with E-state index in [0.717, 1.165) is 64.3 Å². The van der Waals surface area contributed by atoms with Crippen molar-refractivity contribution < 1.29 is 13.5 Å². The first-order chi connectivity index (χ1) is 20.0. The molecule has 0 bridgehead atoms. The van der Waals surface area contributed by atoms with Crippen LogP contribution in [0.4, 0.5) is 20.4 Å². The molecular weight excluding hydrogens is 540 g/mol. The van der Waals surface area contributed by atoms with Crippen molar-refractivity contribution in [1.82, 2.24) is 29.9 Å². The Bertz CT molecular complexity index is 1720. The van der Waals surface area contributed by atoms with Gasteiger partial charge < -0.3 is 14.5 Å². The maximum atomic E-state index is 13.7. The fourth-order valence-electron chi connectivity index (χ4n) is 6.72. The molecule has 0 spiro atoms. The number of benzene rings is 1. The highest BCUT2D eigenvalue weighted by Gasteiger charge is 2.39. The molecule has 0 amide bonds. The number of alkyl halides is 2. The molecule has 1 atom stereocenters. The van der Waals surface area contributed by atoms with Crippen LogP contribution in [0.2, 0.25) is 0 Å². The van der Waals surface area contributed by atoms with E-state index in [1.54, 1.807) is 14.2 Å². The zero-order valence-electron chi connectivity index (χ0n) is 24.8. The minimum atomic E-state index is -2.83. The third-order valence-electron chi connectivity index (χ3n) is 8.75. The van der Waals surface area contributed by atoms with Crippen LogP contribution in [0, 0.1) is 30.6 Å². The summed E-state index contributed by atoms with van der Waals surface area (Å²) in [5.74, 6) is 1.87. The number of halogens is 2. The fraction of sp³-hybridized carbons (Fsp3) is 0.500. The van der Waals surface area contributed by atoms with Gasteiger partial charge in [0.1, 0.15) is 29.0 Å². The van der Waals surface area contributed by atoms with Crippen LogP contribution in [-0.4, -0.2) is 62.8 Å². The van der Waals surface area contributed by atoms with E-state index < -0.39 is 12.1 Å². The van der Waals surface area contributed by atoms with Crippen molar-refractivity contribution >= 4 is 22.5 Å². The number of piperidine rings is 1. The second-order valence-electron chi connectivity index (χ2n) is 12.0. The van der Waals surface area contributed by atoms with Gasteiger partial charge in [-0.05, 0) is 31.9 Å². The molecule has 6 rings (SSSR count). The van der Waals surface area contributed by atoms with Crippen LogP contribution in [0.5, 0.6) is 0 Å². The fourth-order valence-corrected chi connectivity index (χ4v) is 6.72. The van der Waals surface area contributed by atoms with Crippen LogP contribution >= 0.6 is 0 Å². The zero-order valence-corrected chi connectivity index (χ0v) is 24.8. The van der Waals surface area contributed by atoms with Gasteiger partial charge in [-0.3, -0.25) is 9.78 Å². The number of anilines is 2. The van der Waals surface area contributed by atoms with Gasteiger partial charge in [-0.15, -0.1) is 0 Å².